The van der Waals surface area contributed by atoms with Crippen molar-refractivity contribution < 1.29 is 19.1 Å². The van der Waals surface area contributed by atoms with Gasteiger partial charge in [-0.25, -0.2) is 10.2 Å². The fourth-order valence-corrected chi connectivity index (χ4v) is 3.48. The number of amides is 2. The van der Waals surface area contributed by atoms with Crippen LogP contribution in [0.2, 0.25) is 0 Å². The summed E-state index contributed by atoms with van der Waals surface area (Å²) in [5.41, 5.74) is 9.26. The quantitative estimate of drug-likeness (QED) is 0.251. The highest BCUT2D eigenvalue weighted by molar-refractivity contribution is 6.39. The lowest BCUT2D eigenvalue weighted by Crippen LogP contribution is -2.32. The summed E-state index contributed by atoms with van der Waals surface area (Å²) in [6.07, 6.45) is 1.51. The molecule has 0 radical (unpaired) electrons. The van der Waals surface area contributed by atoms with Crippen LogP contribution in [0, 0.1) is 27.7 Å². The molecule has 8 nitrogen and oxygen atoms in total. The van der Waals surface area contributed by atoms with E-state index in [1.54, 1.807) is 6.92 Å². The number of rotatable bonds is 6. The van der Waals surface area contributed by atoms with Crippen LogP contribution in [0.1, 0.15) is 45.4 Å². The standard InChI is InChI=1S/C26H28N4O4/c1-6-34-26(33)20-8-10-22(11-9-20)28-24(31)25(32)29-27-15-21-14-18(4)30(19(21)5)23-12-7-16(2)17(3)13-23/h7-15H,6H2,1-5H3,(H,28,31)(H,29,32)/b27-15-. The summed E-state index contributed by atoms with van der Waals surface area (Å²) in [6, 6.07) is 14.3. The molecule has 3 rings (SSSR count). The van der Waals surface area contributed by atoms with Gasteiger partial charge in [0.2, 0.25) is 0 Å². The molecule has 0 spiro atoms. The number of nitrogens with one attached hydrogen (secondary N) is 2. The van der Waals surface area contributed by atoms with Crippen LogP contribution < -0.4 is 10.7 Å². The van der Waals surface area contributed by atoms with Gasteiger partial charge in [0.1, 0.15) is 0 Å². The SMILES string of the molecule is CCOC(=O)c1ccc(NC(=O)C(=O)N/N=C\c2cc(C)n(-c3ccc(C)c(C)c3)c2C)cc1. The van der Waals surface area contributed by atoms with Gasteiger partial charge in [0, 0.05) is 28.3 Å². The number of nitrogens with zero attached hydrogens (tertiary/aromatic N) is 2. The lowest BCUT2D eigenvalue weighted by molar-refractivity contribution is -0.136. The normalized spacial score (nSPS) is 10.9. The molecular weight excluding hydrogens is 432 g/mol. The van der Waals surface area contributed by atoms with Crippen LogP contribution in [0.4, 0.5) is 5.69 Å². The first-order chi connectivity index (χ1) is 16.2. The Balaban J connectivity index is 1.63. The molecule has 0 saturated carbocycles. The third-order valence-electron chi connectivity index (χ3n) is 5.45. The smallest absolute Gasteiger partial charge is 0.338 e. The van der Waals surface area contributed by atoms with E-state index in [2.05, 4.69) is 52.5 Å². The number of hydrazone groups is 1. The molecule has 0 atom stereocenters. The number of ether oxygens (including phenoxy) is 1. The topological polar surface area (TPSA) is 102 Å². The van der Waals surface area contributed by atoms with E-state index in [0.717, 1.165) is 22.6 Å². The Morgan fingerprint density at radius 2 is 1.65 bits per heavy atom. The Kier molecular flexibility index (Phi) is 7.63. The number of esters is 1. The highest BCUT2D eigenvalue weighted by Gasteiger charge is 2.14. The highest BCUT2D eigenvalue weighted by Crippen LogP contribution is 2.21. The second kappa shape index (κ2) is 10.6. The first-order valence-corrected chi connectivity index (χ1v) is 10.9. The molecule has 0 fully saturated rings. The Morgan fingerprint density at radius 3 is 2.29 bits per heavy atom. The van der Waals surface area contributed by atoms with Crippen molar-refractivity contribution in [1.29, 1.82) is 0 Å². The van der Waals surface area contributed by atoms with E-state index < -0.39 is 17.8 Å². The molecule has 3 aromatic rings. The van der Waals surface area contributed by atoms with Gasteiger partial charge in [-0.15, -0.1) is 0 Å². The van der Waals surface area contributed by atoms with Gasteiger partial charge in [-0.2, -0.15) is 5.10 Å². The number of aryl methyl sites for hydroxylation is 3. The van der Waals surface area contributed by atoms with Crippen LogP contribution in [0.15, 0.2) is 53.6 Å². The fraction of sp³-hybridized carbons (Fsp3) is 0.231. The summed E-state index contributed by atoms with van der Waals surface area (Å²) in [5, 5.41) is 6.41. The first kappa shape index (κ1) is 24.4. The summed E-state index contributed by atoms with van der Waals surface area (Å²) in [4.78, 5) is 36.0. The molecule has 8 heteroatoms. The van der Waals surface area contributed by atoms with Crippen molar-refractivity contribution in [2.24, 2.45) is 5.10 Å². The second-order valence-corrected chi connectivity index (χ2v) is 7.88. The molecule has 0 unspecified atom stereocenters. The summed E-state index contributed by atoms with van der Waals surface area (Å²) < 4.78 is 7.03. The number of benzene rings is 2. The van der Waals surface area contributed by atoms with Crippen molar-refractivity contribution in [3.8, 4) is 5.69 Å². The van der Waals surface area contributed by atoms with Crippen LogP contribution >= 0.6 is 0 Å². The summed E-state index contributed by atoms with van der Waals surface area (Å²) in [5.74, 6) is -2.24. The van der Waals surface area contributed by atoms with E-state index >= 15 is 0 Å². The molecule has 176 valence electrons. The van der Waals surface area contributed by atoms with E-state index in [1.807, 2.05) is 19.9 Å². The maximum Gasteiger partial charge on any atom is 0.338 e. The molecule has 2 amide bonds. The van der Waals surface area contributed by atoms with Crippen LogP contribution in [0.3, 0.4) is 0 Å². The van der Waals surface area contributed by atoms with Crippen molar-refractivity contribution in [2.45, 2.75) is 34.6 Å². The average Bonchev–Trinajstić information content (AvgIpc) is 3.09. The van der Waals surface area contributed by atoms with Crippen molar-refractivity contribution in [3.05, 3.63) is 82.2 Å². The molecule has 1 heterocycles. The van der Waals surface area contributed by atoms with Crippen molar-refractivity contribution in [3.63, 3.8) is 0 Å². The van der Waals surface area contributed by atoms with E-state index in [9.17, 15) is 14.4 Å². The minimum atomic E-state index is -0.909. The lowest BCUT2D eigenvalue weighted by atomic mass is 10.1. The maximum atomic E-state index is 12.2. The number of hydrogen-bond donors (Lipinski definition) is 2. The zero-order valence-electron chi connectivity index (χ0n) is 19.9. The number of carbonyl (C=O) groups excluding carboxylic acids is 3. The Hall–Kier alpha value is -4.20. The summed E-state index contributed by atoms with van der Waals surface area (Å²) in [6.45, 7) is 10.1. The van der Waals surface area contributed by atoms with Gasteiger partial charge >= 0.3 is 17.8 Å². The third kappa shape index (κ3) is 5.58. The van der Waals surface area contributed by atoms with Gasteiger partial charge < -0.3 is 14.6 Å². The largest absolute Gasteiger partial charge is 0.462 e. The van der Waals surface area contributed by atoms with Crippen LogP contribution in [0.25, 0.3) is 5.69 Å². The lowest BCUT2D eigenvalue weighted by Gasteiger charge is -2.11. The van der Waals surface area contributed by atoms with Gasteiger partial charge in [-0.3, -0.25) is 9.59 Å². The molecule has 0 aliphatic rings. The molecule has 34 heavy (non-hydrogen) atoms. The van der Waals surface area contributed by atoms with Gasteiger partial charge in [0.05, 0.1) is 18.4 Å². The van der Waals surface area contributed by atoms with Gasteiger partial charge in [-0.05, 0) is 88.2 Å². The Bertz CT molecular complexity index is 1260. The highest BCUT2D eigenvalue weighted by atomic mass is 16.5. The fourth-order valence-electron chi connectivity index (χ4n) is 3.48. The molecule has 0 bridgehead atoms. The number of anilines is 1. The molecule has 2 N–H and O–H groups in total. The Morgan fingerprint density at radius 1 is 0.941 bits per heavy atom. The molecular formula is C26H28N4O4. The minimum absolute atomic E-state index is 0.271. The van der Waals surface area contributed by atoms with E-state index in [1.165, 1.54) is 41.6 Å². The molecule has 2 aromatic carbocycles. The van der Waals surface area contributed by atoms with Crippen LogP contribution in [-0.4, -0.2) is 35.2 Å². The van der Waals surface area contributed by atoms with Gasteiger partial charge in [0.25, 0.3) is 0 Å². The van der Waals surface area contributed by atoms with Crippen LogP contribution in [0.5, 0.6) is 0 Å². The second-order valence-electron chi connectivity index (χ2n) is 7.88. The number of aromatic nitrogens is 1. The molecule has 0 aliphatic carbocycles. The monoisotopic (exact) mass is 460 g/mol. The Labute approximate surface area is 198 Å². The van der Waals surface area contributed by atoms with E-state index in [0.29, 0.717) is 11.3 Å². The number of hydrogen-bond acceptors (Lipinski definition) is 5. The van der Waals surface area contributed by atoms with Crippen LogP contribution in [-0.2, 0) is 14.3 Å². The zero-order chi connectivity index (χ0) is 24.8. The zero-order valence-corrected chi connectivity index (χ0v) is 19.9. The van der Waals surface area contributed by atoms with Crippen molar-refractivity contribution in [2.75, 3.05) is 11.9 Å². The summed E-state index contributed by atoms with van der Waals surface area (Å²) in [7, 11) is 0. The summed E-state index contributed by atoms with van der Waals surface area (Å²) >= 11 is 0. The molecule has 0 aliphatic heterocycles. The average molecular weight is 461 g/mol. The number of carbonyl (C=O) groups is 3. The molecule has 0 saturated heterocycles. The van der Waals surface area contributed by atoms with Gasteiger partial charge in [-0.1, -0.05) is 6.07 Å². The minimum Gasteiger partial charge on any atom is -0.462 e. The van der Waals surface area contributed by atoms with Crippen molar-refractivity contribution in [1.82, 2.24) is 9.99 Å². The predicted octanol–water partition coefficient (Wildman–Crippen LogP) is 3.98. The molecule has 1 aromatic heterocycles. The van der Waals surface area contributed by atoms with E-state index in [4.69, 9.17) is 4.74 Å². The predicted molar refractivity (Wildman–Crippen MR) is 131 cm³/mol. The maximum absolute atomic E-state index is 12.2. The van der Waals surface area contributed by atoms with E-state index in [-0.39, 0.29) is 6.61 Å². The third-order valence-corrected chi connectivity index (χ3v) is 5.45. The van der Waals surface area contributed by atoms with Gasteiger partial charge in [0.15, 0.2) is 0 Å². The first-order valence-electron chi connectivity index (χ1n) is 10.9. The van der Waals surface area contributed by atoms with Crippen molar-refractivity contribution >= 4 is 29.7 Å².